The Morgan fingerprint density at radius 2 is 1.87 bits per heavy atom. The fraction of sp³-hybridized carbons (Fsp3) is 0.367. The number of hydrogen-bond acceptors (Lipinski definition) is 7. The van der Waals surface area contributed by atoms with Crippen LogP contribution in [0.25, 0.3) is 32.7 Å². The van der Waals surface area contributed by atoms with Gasteiger partial charge in [0.1, 0.15) is 18.7 Å². The van der Waals surface area contributed by atoms with E-state index in [1.807, 2.05) is 4.57 Å². The lowest BCUT2D eigenvalue weighted by Gasteiger charge is -2.23. The van der Waals surface area contributed by atoms with Gasteiger partial charge >= 0.3 is 0 Å². The molecule has 38 heavy (non-hydrogen) atoms. The number of benzene rings is 3. The van der Waals surface area contributed by atoms with Crippen LogP contribution in [0.1, 0.15) is 47.7 Å². The number of ether oxygens (including phenoxy) is 1. The zero-order valence-corrected chi connectivity index (χ0v) is 21.4. The molecule has 7 rings (SSSR count). The Balaban J connectivity index is 1.31. The molecule has 8 nitrogen and oxygen atoms in total. The molecule has 1 saturated heterocycles. The van der Waals surface area contributed by atoms with Crippen molar-refractivity contribution in [2.24, 2.45) is 0 Å². The summed E-state index contributed by atoms with van der Waals surface area (Å²) in [4.78, 5) is 13.6. The lowest BCUT2D eigenvalue weighted by atomic mass is 9.83. The Morgan fingerprint density at radius 3 is 2.71 bits per heavy atom. The average Bonchev–Trinajstić information content (AvgIpc) is 3.56. The van der Waals surface area contributed by atoms with Crippen LogP contribution in [0, 0.1) is 6.92 Å². The molecule has 3 aromatic carbocycles. The number of imidazole rings is 1. The van der Waals surface area contributed by atoms with Gasteiger partial charge in [-0.15, -0.1) is 0 Å². The molecule has 2 aromatic heterocycles. The highest BCUT2D eigenvalue weighted by molar-refractivity contribution is 6.07. The number of aryl methyl sites for hydroxylation is 3. The first-order valence-corrected chi connectivity index (χ1v) is 13.4. The molecule has 0 bridgehead atoms. The van der Waals surface area contributed by atoms with Crippen LogP contribution in [0.15, 0.2) is 49.1 Å². The first-order chi connectivity index (χ1) is 18.6. The van der Waals surface area contributed by atoms with Crippen LogP contribution in [0.2, 0.25) is 0 Å². The van der Waals surface area contributed by atoms with Crippen LogP contribution < -0.4 is 5.32 Å². The summed E-state index contributed by atoms with van der Waals surface area (Å²) in [7, 11) is 0. The third-order valence-corrected chi connectivity index (χ3v) is 8.38. The molecule has 1 aliphatic heterocycles. The van der Waals surface area contributed by atoms with Crippen molar-refractivity contribution in [3.05, 3.63) is 71.3 Å². The number of anilines is 1. The van der Waals surface area contributed by atoms with Gasteiger partial charge in [0.15, 0.2) is 17.0 Å². The van der Waals surface area contributed by atoms with Crippen molar-refractivity contribution >= 4 is 38.5 Å². The van der Waals surface area contributed by atoms with Gasteiger partial charge in [-0.2, -0.15) is 0 Å². The van der Waals surface area contributed by atoms with Gasteiger partial charge in [-0.05, 0) is 76.4 Å². The molecule has 1 aliphatic carbocycles. The monoisotopic (exact) mass is 509 g/mol. The van der Waals surface area contributed by atoms with E-state index in [4.69, 9.17) is 4.74 Å². The first-order valence-electron chi connectivity index (χ1n) is 13.4. The lowest BCUT2D eigenvalue weighted by molar-refractivity contribution is -0.0432. The fourth-order valence-electron chi connectivity index (χ4n) is 6.44. The van der Waals surface area contributed by atoms with E-state index < -0.39 is 18.4 Å². The second kappa shape index (κ2) is 9.31. The van der Waals surface area contributed by atoms with Crippen LogP contribution in [0.5, 0.6) is 0 Å². The Morgan fingerprint density at radius 1 is 1.03 bits per heavy atom. The number of nitrogens with one attached hydrogen (secondary N) is 1. The molecule has 2 aliphatic rings. The molecule has 0 amide bonds. The number of fused-ring (bicyclic) bond motifs is 5. The van der Waals surface area contributed by atoms with E-state index in [-0.39, 0.29) is 6.61 Å². The van der Waals surface area contributed by atoms with Gasteiger partial charge in [0.2, 0.25) is 0 Å². The second-order valence-electron chi connectivity index (χ2n) is 10.5. The van der Waals surface area contributed by atoms with Crippen LogP contribution >= 0.6 is 0 Å². The summed E-state index contributed by atoms with van der Waals surface area (Å²) in [6.07, 6.45) is 6.54. The Kier molecular flexibility index (Phi) is 5.76. The van der Waals surface area contributed by atoms with E-state index in [1.54, 1.807) is 6.33 Å². The summed E-state index contributed by atoms with van der Waals surface area (Å²) < 4.78 is 7.66. The van der Waals surface area contributed by atoms with Crippen molar-refractivity contribution in [3.63, 3.8) is 0 Å². The van der Waals surface area contributed by atoms with Crippen molar-refractivity contribution in [2.45, 2.75) is 64.0 Å². The minimum Gasteiger partial charge on any atom is -0.394 e. The highest BCUT2D eigenvalue weighted by Gasteiger charge is 2.35. The van der Waals surface area contributed by atoms with Crippen LogP contribution in [0.3, 0.4) is 0 Å². The minimum absolute atomic E-state index is 0.228. The van der Waals surface area contributed by atoms with E-state index in [2.05, 4.69) is 63.6 Å². The maximum Gasteiger partial charge on any atom is 0.167 e. The third kappa shape index (κ3) is 3.66. The van der Waals surface area contributed by atoms with E-state index in [1.165, 1.54) is 63.0 Å². The molecule has 5 aromatic rings. The molecule has 0 spiro atoms. The summed E-state index contributed by atoms with van der Waals surface area (Å²) in [5, 5.41) is 28.5. The van der Waals surface area contributed by atoms with Crippen molar-refractivity contribution in [1.29, 1.82) is 0 Å². The number of aliphatic hydroxyl groups excluding tert-OH is 2. The molecule has 0 radical (unpaired) electrons. The Hall–Kier alpha value is -3.59. The Bertz CT molecular complexity index is 1680. The SMILES string of the molecule is Cc1c2ccccc2c(CNc2ncnc3c2ncn3[C@H]2C[C@H](O)[C@@H](CO)O2)c2c3c(ccc12)CCCC3. The molecular weight excluding hydrogens is 478 g/mol. The second-order valence-corrected chi connectivity index (χ2v) is 10.5. The third-order valence-electron chi connectivity index (χ3n) is 8.38. The van der Waals surface area contributed by atoms with E-state index >= 15 is 0 Å². The highest BCUT2D eigenvalue weighted by Crippen LogP contribution is 2.39. The molecule has 1 fully saturated rings. The summed E-state index contributed by atoms with van der Waals surface area (Å²) in [6, 6.07) is 13.3. The predicted molar refractivity (Wildman–Crippen MR) is 147 cm³/mol. The highest BCUT2D eigenvalue weighted by atomic mass is 16.5. The summed E-state index contributed by atoms with van der Waals surface area (Å²) >= 11 is 0. The molecule has 0 saturated carbocycles. The minimum atomic E-state index is -0.726. The van der Waals surface area contributed by atoms with Gasteiger partial charge in [0.25, 0.3) is 0 Å². The average molecular weight is 510 g/mol. The summed E-state index contributed by atoms with van der Waals surface area (Å²) in [5.41, 5.74) is 6.87. The van der Waals surface area contributed by atoms with Crippen LogP contribution in [0.4, 0.5) is 5.82 Å². The predicted octanol–water partition coefficient (Wildman–Crippen LogP) is 4.57. The molecule has 194 valence electrons. The zero-order chi connectivity index (χ0) is 25.8. The fourth-order valence-corrected chi connectivity index (χ4v) is 6.44. The van der Waals surface area contributed by atoms with Gasteiger partial charge in [0, 0.05) is 13.0 Å². The number of rotatable bonds is 5. The van der Waals surface area contributed by atoms with E-state index in [9.17, 15) is 10.2 Å². The topological polar surface area (TPSA) is 105 Å². The zero-order valence-electron chi connectivity index (χ0n) is 21.4. The smallest absolute Gasteiger partial charge is 0.167 e. The molecule has 3 atom stereocenters. The van der Waals surface area contributed by atoms with E-state index in [0.29, 0.717) is 29.9 Å². The maximum absolute atomic E-state index is 10.2. The first kappa shape index (κ1) is 23.5. The van der Waals surface area contributed by atoms with Gasteiger partial charge in [-0.3, -0.25) is 4.57 Å². The number of aliphatic hydroxyl groups is 2. The standard InChI is InChI=1S/C30H31N5O3/c1-17-19-7-4-5-9-22(19)23(27-20(17)11-10-18-6-2-3-8-21(18)27)13-31-29-28-30(33-15-32-29)35(16-34-28)26-12-24(37)25(14-36)38-26/h4-5,7,9-11,15-16,24-26,36-37H,2-3,6,8,12-14H2,1H3,(H,31,32,33)/t24-,25+,26+/m0/s1. The summed E-state index contributed by atoms with van der Waals surface area (Å²) in [5.74, 6) is 0.661. The molecule has 3 heterocycles. The maximum atomic E-state index is 10.2. The molecule has 3 N–H and O–H groups in total. The van der Waals surface area contributed by atoms with Gasteiger partial charge in [0.05, 0.1) is 19.0 Å². The van der Waals surface area contributed by atoms with Crippen molar-refractivity contribution in [3.8, 4) is 0 Å². The number of aromatic nitrogens is 4. The van der Waals surface area contributed by atoms with Gasteiger partial charge in [-0.25, -0.2) is 15.0 Å². The van der Waals surface area contributed by atoms with Crippen molar-refractivity contribution in [1.82, 2.24) is 19.5 Å². The number of nitrogens with zero attached hydrogens (tertiary/aromatic N) is 4. The van der Waals surface area contributed by atoms with Crippen molar-refractivity contribution < 1.29 is 14.9 Å². The van der Waals surface area contributed by atoms with Crippen LogP contribution in [-0.4, -0.2) is 48.5 Å². The summed E-state index contributed by atoms with van der Waals surface area (Å²) in [6.45, 7) is 2.62. The lowest BCUT2D eigenvalue weighted by Crippen LogP contribution is -2.24. The quantitative estimate of drug-likeness (QED) is 0.298. The van der Waals surface area contributed by atoms with Gasteiger partial charge < -0.3 is 20.3 Å². The number of hydrogen-bond donors (Lipinski definition) is 3. The largest absolute Gasteiger partial charge is 0.394 e. The van der Waals surface area contributed by atoms with E-state index in [0.717, 1.165) is 12.8 Å². The Labute approximate surface area is 220 Å². The van der Waals surface area contributed by atoms with Gasteiger partial charge in [-0.1, -0.05) is 36.4 Å². The van der Waals surface area contributed by atoms with Crippen molar-refractivity contribution in [2.75, 3.05) is 11.9 Å². The molecule has 8 heteroatoms. The molecule has 0 unspecified atom stereocenters. The van der Waals surface area contributed by atoms with Crippen LogP contribution in [-0.2, 0) is 24.1 Å². The normalized spacial score (nSPS) is 21.4. The molecular formula is C30H31N5O3.